The molecule has 0 aliphatic rings. The van der Waals surface area contributed by atoms with Crippen molar-refractivity contribution < 1.29 is 17.6 Å². The van der Waals surface area contributed by atoms with Gasteiger partial charge in [-0.05, 0) is 67.2 Å². The molecule has 0 saturated heterocycles. The molecular weight excluding hydrogens is 316 g/mol. The molecule has 0 N–H and O–H groups in total. The number of benzene rings is 1. The lowest BCUT2D eigenvalue weighted by atomic mass is 9.91. The van der Waals surface area contributed by atoms with Crippen LogP contribution in [-0.4, -0.2) is 6.18 Å². The average molecular weight is 338 g/mol. The van der Waals surface area contributed by atoms with Gasteiger partial charge in [-0.2, -0.15) is 13.2 Å². The molecule has 0 aliphatic carbocycles. The van der Waals surface area contributed by atoms with E-state index in [0.717, 1.165) is 23.3 Å². The Balaban J connectivity index is 3.54. The summed E-state index contributed by atoms with van der Waals surface area (Å²) in [5.41, 5.74) is 2.57. The average Bonchev–Trinajstić information content (AvgIpc) is 2.51. The van der Waals surface area contributed by atoms with Crippen LogP contribution in [0, 0.1) is 19.7 Å². The molecule has 0 heterocycles. The van der Waals surface area contributed by atoms with Gasteiger partial charge in [0.25, 0.3) is 0 Å². The van der Waals surface area contributed by atoms with Crippen molar-refractivity contribution in [1.82, 2.24) is 0 Å². The highest BCUT2D eigenvalue weighted by atomic mass is 19.4. The number of hydrogen-bond acceptors (Lipinski definition) is 0. The minimum absolute atomic E-state index is 0.369. The summed E-state index contributed by atoms with van der Waals surface area (Å²) in [7, 11) is 0. The van der Waals surface area contributed by atoms with Gasteiger partial charge in [0, 0.05) is 0 Å². The van der Waals surface area contributed by atoms with Gasteiger partial charge in [-0.25, -0.2) is 4.39 Å². The fraction of sp³-hybridized carbons (Fsp3) is 0.300. The highest BCUT2D eigenvalue weighted by molar-refractivity contribution is 5.74. The number of halogens is 4. The minimum Gasteiger partial charge on any atom is -0.207 e. The molecule has 0 aromatic heterocycles. The molecule has 1 aromatic carbocycles. The van der Waals surface area contributed by atoms with Gasteiger partial charge in [0.1, 0.15) is 5.82 Å². The maximum Gasteiger partial charge on any atom is 0.416 e. The molecule has 4 heteroatoms. The predicted octanol–water partition coefficient (Wildman–Crippen LogP) is 6.94. The van der Waals surface area contributed by atoms with Crippen LogP contribution in [0.4, 0.5) is 17.6 Å². The van der Waals surface area contributed by atoms with Crippen LogP contribution < -0.4 is 0 Å². The first-order valence-electron chi connectivity index (χ1n) is 7.70. The van der Waals surface area contributed by atoms with E-state index in [0.29, 0.717) is 23.1 Å². The molecule has 0 saturated carbocycles. The molecule has 0 radical (unpaired) electrons. The zero-order valence-electron chi connectivity index (χ0n) is 14.4. The Morgan fingerprint density at radius 2 is 1.79 bits per heavy atom. The fourth-order valence-corrected chi connectivity index (χ4v) is 2.52. The second-order valence-corrected chi connectivity index (χ2v) is 5.44. The maximum absolute atomic E-state index is 14.2. The summed E-state index contributed by atoms with van der Waals surface area (Å²) in [5.74, 6) is -0.369. The van der Waals surface area contributed by atoms with Crippen LogP contribution in [0.5, 0.6) is 0 Å². The lowest BCUT2D eigenvalue weighted by Crippen LogP contribution is -2.09. The Bertz CT molecular complexity index is 701. The SMILES string of the molecule is C=C/C(=C\C=C(/CC)c1cc(F)c(C)c(/C=C\C)c1C)C(F)(F)F. The van der Waals surface area contributed by atoms with Crippen molar-refractivity contribution >= 4 is 11.6 Å². The fourth-order valence-electron chi connectivity index (χ4n) is 2.52. The number of rotatable bonds is 5. The largest absolute Gasteiger partial charge is 0.416 e. The standard InChI is InChI=1S/C20H22F4/c1-6-9-17-13(4)18(12-19(21)14(17)5)15(7-2)10-11-16(8-3)20(22,23)24/h6,8-12H,3,7H2,1-2,4-5H3/b9-6-,15-10+,16-11+. The molecule has 0 bridgehead atoms. The van der Waals surface area contributed by atoms with E-state index in [-0.39, 0.29) is 5.82 Å². The van der Waals surface area contributed by atoms with Crippen LogP contribution in [0.15, 0.2) is 42.5 Å². The van der Waals surface area contributed by atoms with Gasteiger partial charge in [-0.15, -0.1) is 0 Å². The molecule has 0 amide bonds. The summed E-state index contributed by atoms with van der Waals surface area (Å²) in [6, 6.07) is 1.39. The maximum atomic E-state index is 14.2. The predicted molar refractivity (Wildman–Crippen MR) is 93.2 cm³/mol. The normalized spacial score (nSPS) is 13.7. The minimum atomic E-state index is -4.46. The highest BCUT2D eigenvalue weighted by Crippen LogP contribution is 2.31. The van der Waals surface area contributed by atoms with Gasteiger partial charge in [-0.1, -0.05) is 37.8 Å². The molecule has 1 aromatic rings. The Morgan fingerprint density at radius 1 is 1.17 bits per heavy atom. The third-order valence-electron chi connectivity index (χ3n) is 3.91. The monoisotopic (exact) mass is 338 g/mol. The summed E-state index contributed by atoms with van der Waals surface area (Å²) in [4.78, 5) is 0. The summed E-state index contributed by atoms with van der Waals surface area (Å²) >= 11 is 0. The number of allylic oxidation sites excluding steroid dienone is 6. The van der Waals surface area contributed by atoms with Gasteiger partial charge in [0.05, 0.1) is 5.57 Å². The Morgan fingerprint density at radius 3 is 2.25 bits per heavy atom. The Labute approximate surface area is 140 Å². The molecule has 0 spiro atoms. The third kappa shape index (κ3) is 4.47. The summed E-state index contributed by atoms with van der Waals surface area (Å²) in [6.45, 7) is 10.4. The lowest BCUT2D eigenvalue weighted by molar-refractivity contribution is -0.0881. The van der Waals surface area contributed by atoms with Crippen LogP contribution in [0.1, 0.15) is 42.5 Å². The molecule has 0 atom stereocenters. The molecule has 0 aliphatic heterocycles. The van der Waals surface area contributed by atoms with Crippen molar-refractivity contribution in [1.29, 1.82) is 0 Å². The topological polar surface area (TPSA) is 0 Å². The van der Waals surface area contributed by atoms with E-state index in [1.807, 2.05) is 32.9 Å². The Kier molecular flexibility index (Phi) is 6.76. The molecule has 24 heavy (non-hydrogen) atoms. The van der Waals surface area contributed by atoms with Crippen LogP contribution in [0.25, 0.3) is 11.6 Å². The summed E-state index contributed by atoms with van der Waals surface area (Å²) in [6.07, 6.45) is 2.80. The molecule has 0 unspecified atom stereocenters. The van der Waals surface area contributed by atoms with Crippen LogP contribution >= 0.6 is 0 Å². The van der Waals surface area contributed by atoms with Gasteiger partial charge < -0.3 is 0 Å². The van der Waals surface area contributed by atoms with E-state index in [1.54, 1.807) is 6.92 Å². The van der Waals surface area contributed by atoms with Crippen LogP contribution in [-0.2, 0) is 0 Å². The van der Waals surface area contributed by atoms with Crippen molar-refractivity contribution in [3.8, 4) is 0 Å². The van der Waals surface area contributed by atoms with E-state index in [4.69, 9.17) is 0 Å². The molecule has 130 valence electrons. The van der Waals surface area contributed by atoms with Gasteiger partial charge >= 0.3 is 6.18 Å². The third-order valence-corrected chi connectivity index (χ3v) is 3.91. The van der Waals surface area contributed by atoms with Crippen molar-refractivity contribution in [3.63, 3.8) is 0 Å². The van der Waals surface area contributed by atoms with E-state index in [9.17, 15) is 17.6 Å². The van der Waals surface area contributed by atoms with E-state index in [1.165, 1.54) is 12.1 Å². The first kappa shape index (κ1) is 19.9. The number of hydrogen-bond donors (Lipinski definition) is 0. The van der Waals surface area contributed by atoms with E-state index >= 15 is 0 Å². The lowest BCUT2D eigenvalue weighted by Gasteiger charge is -2.15. The van der Waals surface area contributed by atoms with Crippen molar-refractivity contribution in [2.75, 3.05) is 0 Å². The van der Waals surface area contributed by atoms with Gasteiger partial charge in [0.15, 0.2) is 0 Å². The van der Waals surface area contributed by atoms with Gasteiger partial charge in [-0.3, -0.25) is 0 Å². The molecule has 0 fully saturated rings. The summed E-state index contributed by atoms with van der Waals surface area (Å²) < 4.78 is 52.6. The van der Waals surface area contributed by atoms with Crippen molar-refractivity contribution in [2.24, 2.45) is 0 Å². The molecular formula is C20H22F4. The van der Waals surface area contributed by atoms with E-state index in [2.05, 4.69) is 6.58 Å². The second-order valence-electron chi connectivity index (χ2n) is 5.44. The van der Waals surface area contributed by atoms with Crippen molar-refractivity contribution in [2.45, 2.75) is 40.3 Å². The van der Waals surface area contributed by atoms with Crippen LogP contribution in [0.3, 0.4) is 0 Å². The van der Waals surface area contributed by atoms with Crippen molar-refractivity contribution in [3.05, 3.63) is 70.6 Å². The zero-order valence-corrected chi connectivity index (χ0v) is 14.4. The smallest absolute Gasteiger partial charge is 0.207 e. The molecule has 0 nitrogen and oxygen atoms in total. The zero-order chi connectivity index (χ0) is 18.5. The quantitative estimate of drug-likeness (QED) is 0.403. The van der Waals surface area contributed by atoms with Crippen LogP contribution in [0.2, 0.25) is 0 Å². The number of alkyl halides is 3. The first-order valence-corrected chi connectivity index (χ1v) is 7.70. The van der Waals surface area contributed by atoms with Gasteiger partial charge in [0.2, 0.25) is 0 Å². The second kappa shape index (κ2) is 8.13. The van der Waals surface area contributed by atoms with E-state index < -0.39 is 11.7 Å². The summed E-state index contributed by atoms with van der Waals surface area (Å²) in [5, 5.41) is 0. The Hall–Kier alpha value is -2.10. The first-order chi connectivity index (χ1) is 11.2. The highest BCUT2D eigenvalue weighted by Gasteiger charge is 2.30. The molecule has 1 rings (SSSR count).